The zero-order valence-electron chi connectivity index (χ0n) is 19.0. The molecule has 0 aliphatic carbocycles. The predicted octanol–water partition coefficient (Wildman–Crippen LogP) is 4.32. The Morgan fingerprint density at radius 1 is 1.09 bits per heavy atom. The van der Waals surface area contributed by atoms with Crippen molar-refractivity contribution in [3.05, 3.63) is 89.8 Å². The van der Waals surface area contributed by atoms with Crippen molar-refractivity contribution in [3.63, 3.8) is 0 Å². The number of hydrogen-bond acceptors (Lipinski definition) is 5. The molecule has 1 aromatic heterocycles. The van der Waals surface area contributed by atoms with E-state index >= 15 is 0 Å². The largest absolute Gasteiger partial charge is 0.507 e. The zero-order chi connectivity index (χ0) is 24.2. The van der Waals surface area contributed by atoms with Crippen LogP contribution in [0.25, 0.3) is 5.76 Å². The van der Waals surface area contributed by atoms with Gasteiger partial charge in [-0.1, -0.05) is 12.1 Å². The lowest BCUT2D eigenvalue weighted by Crippen LogP contribution is -2.31. The third-order valence-electron chi connectivity index (χ3n) is 5.60. The number of likely N-dealkylation sites (tertiary alicyclic amines) is 1. The van der Waals surface area contributed by atoms with Crippen LogP contribution < -0.4 is 4.74 Å². The van der Waals surface area contributed by atoms with Gasteiger partial charge >= 0.3 is 0 Å². The van der Waals surface area contributed by atoms with Crippen LogP contribution in [-0.2, 0) is 16.1 Å². The second-order valence-corrected chi connectivity index (χ2v) is 8.39. The molecule has 1 aliphatic rings. The highest BCUT2D eigenvalue weighted by Crippen LogP contribution is 2.39. The molecule has 7 nitrogen and oxygen atoms in total. The number of rotatable bonds is 8. The number of benzene rings is 2. The Morgan fingerprint density at radius 2 is 1.79 bits per heavy atom. The van der Waals surface area contributed by atoms with Crippen LogP contribution in [0.3, 0.4) is 0 Å². The number of ether oxygens (including phenoxy) is 1. The van der Waals surface area contributed by atoms with Crippen LogP contribution in [0.1, 0.15) is 37.4 Å². The topological polar surface area (TPSA) is 84.7 Å². The molecule has 3 aromatic rings. The van der Waals surface area contributed by atoms with Gasteiger partial charge < -0.3 is 19.3 Å². The van der Waals surface area contributed by atoms with Gasteiger partial charge in [-0.15, -0.1) is 0 Å². The highest BCUT2D eigenvalue weighted by Gasteiger charge is 2.45. The summed E-state index contributed by atoms with van der Waals surface area (Å²) in [6, 6.07) is 11.5. The number of carbonyl (C=O) groups excluding carboxylic acids is 2. The highest BCUT2D eigenvalue weighted by atomic mass is 19.1. The Morgan fingerprint density at radius 3 is 2.41 bits per heavy atom. The van der Waals surface area contributed by atoms with Gasteiger partial charge in [0.15, 0.2) is 0 Å². The van der Waals surface area contributed by atoms with E-state index in [9.17, 15) is 19.1 Å². The molecule has 2 aromatic carbocycles. The molecule has 8 heteroatoms. The summed E-state index contributed by atoms with van der Waals surface area (Å²) in [7, 11) is 0. The van der Waals surface area contributed by atoms with Crippen LogP contribution >= 0.6 is 0 Å². The van der Waals surface area contributed by atoms with Crippen molar-refractivity contribution in [2.24, 2.45) is 0 Å². The first-order chi connectivity index (χ1) is 16.3. The fourth-order valence-corrected chi connectivity index (χ4v) is 4.06. The normalized spacial score (nSPS) is 17.5. The summed E-state index contributed by atoms with van der Waals surface area (Å²) in [4.78, 5) is 31.5. The lowest BCUT2D eigenvalue weighted by atomic mass is 9.95. The maximum absolute atomic E-state index is 13.6. The van der Waals surface area contributed by atoms with Gasteiger partial charge in [-0.25, -0.2) is 9.37 Å². The number of imidazole rings is 1. The molecule has 0 saturated carbocycles. The summed E-state index contributed by atoms with van der Waals surface area (Å²) in [5, 5.41) is 11.1. The van der Waals surface area contributed by atoms with Gasteiger partial charge in [-0.3, -0.25) is 9.59 Å². The molecule has 4 rings (SSSR count). The third-order valence-corrected chi connectivity index (χ3v) is 5.60. The number of amides is 1. The molecule has 0 radical (unpaired) electrons. The third kappa shape index (κ3) is 4.85. The molecule has 1 fully saturated rings. The van der Waals surface area contributed by atoms with Gasteiger partial charge in [-0.05, 0) is 62.2 Å². The van der Waals surface area contributed by atoms with E-state index in [1.807, 2.05) is 24.6 Å². The van der Waals surface area contributed by atoms with Crippen LogP contribution in [0.2, 0.25) is 0 Å². The predicted molar refractivity (Wildman–Crippen MR) is 124 cm³/mol. The molecule has 34 heavy (non-hydrogen) atoms. The van der Waals surface area contributed by atoms with Crippen LogP contribution in [-0.4, -0.2) is 43.9 Å². The molecule has 176 valence electrons. The first kappa shape index (κ1) is 23.2. The molecule has 1 atom stereocenters. The summed E-state index contributed by atoms with van der Waals surface area (Å²) in [6.07, 6.45) is 5.73. The molecular weight excluding hydrogens is 437 g/mol. The minimum atomic E-state index is -0.824. The number of Topliss-reactive ketones (excluding diaryl/α,β-unsaturated/α-hetero) is 1. The van der Waals surface area contributed by atoms with Crippen molar-refractivity contribution in [1.82, 2.24) is 14.5 Å². The van der Waals surface area contributed by atoms with Gasteiger partial charge in [0.25, 0.3) is 11.7 Å². The van der Waals surface area contributed by atoms with Gasteiger partial charge in [-0.2, -0.15) is 0 Å². The van der Waals surface area contributed by atoms with Crippen molar-refractivity contribution in [3.8, 4) is 5.75 Å². The molecule has 1 aliphatic heterocycles. The van der Waals surface area contributed by atoms with E-state index in [4.69, 9.17) is 4.74 Å². The van der Waals surface area contributed by atoms with Gasteiger partial charge in [0.05, 0.1) is 24.0 Å². The van der Waals surface area contributed by atoms with Gasteiger partial charge in [0.1, 0.15) is 17.3 Å². The summed E-state index contributed by atoms with van der Waals surface area (Å²) in [5.41, 5.74) is 0.918. The number of aryl methyl sites for hydroxylation is 1. The Hall–Kier alpha value is -3.94. The maximum Gasteiger partial charge on any atom is 0.295 e. The van der Waals surface area contributed by atoms with Crippen molar-refractivity contribution in [2.45, 2.75) is 39.0 Å². The number of aromatic nitrogens is 2. The number of ketones is 1. The van der Waals surface area contributed by atoms with Crippen LogP contribution in [0, 0.1) is 5.82 Å². The molecular formula is C26H26FN3O4. The number of carbonyl (C=O) groups is 2. The van der Waals surface area contributed by atoms with E-state index in [0.29, 0.717) is 29.8 Å². The Balaban J connectivity index is 1.69. The maximum atomic E-state index is 13.6. The summed E-state index contributed by atoms with van der Waals surface area (Å²) < 4.78 is 21.1. The highest BCUT2D eigenvalue weighted by molar-refractivity contribution is 6.46. The van der Waals surface area contributed by atoms with E-state index < -0.39 is 23.5 Å². The number of hydrogen-bond donors (Lipinski definition) is 1. The van der Waals surface area contributed by atoms with E-state index in [1.54, 1.807) is 36.8 Å². The number of aliphatic hydroxyl groups is 1. The molecule has 1 N–H and O–H groups in total. The van der Waals surface area contributed by atoms with E-state index in [0.717, 1.165) is 0 Å². The molecule has 0 bridgehead atoms. The van der Waals surface area contributed by atoms with E-state index in [1.165, 1.54) is 29.2 Å². The van der Waals surface area contributed by atoms with Gasteiger partial charge in [0, 0.05) is 31.0 Å². The smallest absolute Gasteiger partial charge is 0.295 e. The summed E-state index contributed by atoms with van der Waals surface area (Å²) in [6.45, 7) is 4.70. The second-order valence-electron chi connectivity index (χ2n) is 8.39. The fourth-order valence-electron chi connectivity index (χ4n) is 4.06. The second kappa shape index (κ2) is 9.91. The summed E-state index contributed by atoms with van der Waals surface area (Å²) in [5.74, 6) is -1.54. The van der Waals surface area contributed by atoms with Crippen LogP contribution in [0.5, 0.6) is 5.75 Å². The van der Waals surface area contributed by atoms with Crippen LogP contribution in [0.15, 0.2) is 72.8 Å². The van der Waals surface area contributed by atoms with Crippen molar-refractivity contribution in [2.75, 3.05) is 6.54 Å². The first-order valence-electron chi connectivity index (χ1n) is 11.1. The molecule has 1 amide bonds. The van der Waals surface area contributed by atoms with E-state index in [2.05, 4.69) is 4.98 Å². The monoisotopic (exact) mass is 463 g/mol. The minimum absolute atomic E-state index is 0.00873. The lowest BCUT2D eigenvalue weighted by molar-refractivity contribution is -0.139. The van der Waals surface area contributed by atoms with Crippen molar-refractivity contribution in [1.29, 1.82) is 0 Å². The molecule has 0 spiro atoms. The first-order valence-corrected chi connectivity index (χ1v) is 11.1. The molecule has 1 unspecified atom stereocenters. The van der Waals surface area contributed by atoms with Crippen LogP contribution in [0.4, 0.5) is 4.39 Å². The Bertz CT molecular complexity index is 1190. The molecule has 2 heterocycles. The number of halogens is 1. The van der Waals surface area contributed by atoms with E-state index in [-0.39, 0.29) is 24.0 Å². The average molecular weight is 464 g/mol. The SMILES string of the molecule is CC(C)Oc1ccc(C(O)=C2C(=O)C(=O)N(CCCn3ccnc3)C2c2ccc(F)cc2)cc1. The Kier molecular flexibility index (Phi) is 6.77. The van der Waals surface area contributed by atoms with Crippen molar-refractivity contribution < 1.29 is 23.8 Å². The zero-order valence-corrected chi connectivity index (χ0v) is 19.0. The quantitative estimate of drug-likeness (QED) is 0.306. The summed E-state index contributed by atoms with van der Waals surface area (Å²) >= 11 is 0. The Labute approximate surface area is 197 Å². The standard InChI is InChI=1S/C26H26FN3O4/c1-17(2)34-21-10-6-19(7-11-21)24(31)22-23(18-4-8-20(27)9-5-18)30(26(33)25(22)32)14-3-13-29-15-12-28-16-29/h4-12,15-17,23,31H,3,13-14H2,1-2H3. The van der Waals surface area contributed by atoms with Gasteiger partial charge in [0.2, 0.25) is 0 Å². The minimum Gasteiger partial charge on any atom is -0.507 e. The fraction of sp³-hybridized carbons (Fsp3) is 0.269. The molecule has 1 saturated heterocycles. The number of nitrogens with zero attached hydrogens (tertiary/aromatic N) is 3. The average Bonchev–Trinajstić information content (AvgIpc) is 3.42. The lowest BCUT2D eigenvalue weighted by Gasteiger charge is -2.25. The number of aliphatic hydroxyl groups excluding tert-OH is 1. The van der Waals surface area contributed by atoms with Crippen molar-refractivity contribution >= 4 is 17.4 Å².